The van der Waals surface area contributed by atoms with Gasteiger partial charge in [0.25, 0.3) is 0 Å². The summed E-state index contributed by atoms with van der Waals surface area (Å²) >= 11 is 0. The maximum absolute atomic E-state index is 12.5. The number of hydrogen-bond donors (Lipinski definition) is 0. The minimum Gasteiger partial charge on any atom is -0.461 e. The first-order valence-corrected chi connectivity index (χ1v) is 8.32. The molecular formula is C20H17F3N2O2. The number of nitrogens with zero attached hydrogens (tertiary/aromatic N) is 2. The Balaban J connectivity index is 1.47. The van der Waals surface area contributed by atoms with Crippen molar-refractivity contribution in [1.29, 1.82) is 0 Å². The van der Waals surface area contributed by atoms with Gasteiger partial charge >= 0.3 is 12.1 Å². The molecule has 0 unspecified atom stereocenters. The van der Waals surface area contributed by atoms with Crippen molar-refractivity contribution >= 4 is 5.97 Å². The molecule has 7 heteroatoms. The van der Waals surface area contributed by atoms with Gasteiger partial charge in [-0.3, -0.25) is 4.79 Å². The van der Waals surface area contributed by atoms with E-state index in [0.717, 1.165) is 23.4 Å². The standard InChI is InChI=1S/C20H17F3N2O2/c21-20(22,23)17-9-6-15(7-10-17)14-27-19(26)11-8-16-12-24-25(13-16)18-4-2-1-3-5-18/h1-7,9-10,12-13H,8,11,14H2. The van der Waals surface area contributed by atoms with Crippen LogP contribution in [0.15, 0.2) is 67.0 Å². The third kappa shape index (κ3) is 5.20. The molecule has 1 heterocycles. The highest BCUT2D eigenvalue weighted by molar-refractivity contribution is 5.69. The molecule has 0 saturated heterocycles. The molecule has 0 bridgehead atoms. The normalized spacial score (nSPS) is 11.4. The quantitative estimate of drug-likeness (QED) is 0.594. The van der Waals surface area contributed by atoms with E-state index in [1.165, 1.54) is 12.1 Å². The Morgan fingerprint density at radius 3 is 2.37 bits per heavy atom. The highest BCUT2D eigenvalue weighted by Gasteiger charge is 2.29. The van der Waals surface area contributed by atoms with Gasteiger partial charge in [-0.1, -0.05) is 30.3 Å². The van der Waals surface area contributed by atoms with Gasteiger partial charge in [-0.05, 0) is 41.8 Å². The van der Waals surface area contributed by atoms with Crippen LogP contribution >= 0.6 is 0 Å². The lowest BCUT2D eigenvalue weighted by Crippen LogP contribution is -2.07. The summed E-state index contributed by atoms with van der Waals surface area (Å²) in [4.78, 5) is 11.9. The number of ether oxygens (including phenoxy) is 1. The second-order valence-corrected chi connectivity index (χ2v) is 5.98. The Labute approximate surface area is 154 Å². The smallest absolute Gasteiger partial charge is 0.416 e. The number of aryl methyl sites for hydroxylation is 1. The first-order valence-electron chi connectivity index (χ1n) is 8.32. The molecule has 0 atom stereocenters. The number of alkyl halides is 3. The molecule has 0 radical (unpaired) electrons. The Kier molecular flexibility index (Phi) is 5.59. The topological polar surface area (TPSA) is 44.1 Å². The van der Waals surface area contributed by atoms with Gasteiger partial charge < -0.3 is 4.74 Å². The summed E-state index contributed by atoms with van der Waals surface area (Å²) in [6.07, 6.45) is -0.201. The average molecular weight is 374 g/mol. The number of hydrogen-bond acceptors (Lipinski definition) is 3. The van der Waals surface area contributed by atoms with Crippen LogP contribution in [-0.2, 0) is 28.7 Å². The molecule has 0 spiro atoms. The lowest BCUT2D eigenvalue weighted by Gasteiger charge is -2.08. The monoisotopic (exact) mass is 374 g/mol. The molecule has 27 heavy (non-hydrogen) atoms. The van der Waals surface area contributed by atoms with Gasteiger partial charge in [0.05, 0.1) is 17.4 Å². The van der Waals surface area contributed by atoms with Crippen LogP contribution < -0.4 is 0 Å². The molecule has 3 rings (SSSR count). The Morgan fingerprint density at radius 1 is 1.00 bits per heavy atom. The lowest BCUT2D eigenvalue weighted by atomic mass is 10.1. The minimum atomic E-state index is -4.38. The van der Waals surface area contributed by atoms with Crippen LogP contribution in [0.1, 0.15) is 23.1 Å². The Morgan fingerprint density at radius 2 is 1.70 bits per heavy atom. The second kappa shape index (κ2) is 8.07. The number of carbonyl (C=O) groups excluding carboxylic acids is 1. The largest absolute Gasteiger partial charge is 0.461 e. The van der Waals surface area contributed by atoms with E-state index in [1.807, 2.05) is 36.5 Å². The van der Waals surface area contributed by atoms with Crippen molar-refractivity contribution in [1.82, 2.24) is 9.78 Å². The molecule has 2 aromatic carbocycles. The zero-order chi connectivity index (χ0) is 19.3. The third-order valence-electron chi connectivity index (χ3n) is 3.96. The number of benzene rings is 2. The molecule has 3 aromatic rings. The lowest BCUT2D eigenvalue weighted by molar-refractivity contribution is -0.145. The SMILES string of the molecule is O=C(CCc1cnn(-c2ccccc2)c1)OCc1ccc(C(F)(F)F)cc1. The maximum Gasteiger partial charge on any atom is 0.416 e. The van der Waals surface area contributed by atoms with Crippen molar-refractivity contribution in [2.45, 2.75) is 25.6 Å². The van der Waals surface area contributed by atoms with E-state index < -0.39 is 17.7 Å². The van der Waals surface area contributed by atoms with Gasteiger partial charge in [-0.25, -0.2) is 4.68 Å². The summed E-state index contributed by atoms with van der Waals surface area (Å²) in [5.41, 5.74) is 1.60. The number of esters is 1. The Bertz CT molecular complexity index is 888. The first-order chi connectivity index (χ1) is 12.9. The summed E-state index contributed by atoms with van der Waals surface area (Å²) in [7, 11) is 0. The molecule has 1 aromatic heterocycles. The fraction of sp³-hybridized carbons (Fsp3) is 0.200. The summed E-state index contributed by atoms with van der Waals surface area (Å²) in [5, 5.41) is 4.26. The Hall–Kier alpha value is -3.09. The maximum atomic E-state index is 12.5. The molecule has 140 valence electrons. The molecule has 0 aliphatic heterocycles. The number of para-hydroxylation sites is 1. The van der Waals surface area contributed by atoms with Crippen LogP contribution in [0, 0.1) is 0 Å². The van der Waals surface area contributed by atoms with Crippen LogP contribution in [0.3, 0.4) is 0 Å². The van der Waals surface area contributed by atoms with Gasteiger partial charge in [0, 0.05) is 12.6 Å². The van der Waals surface area contributed by atoms with E-state index >= 15 is 0 Å². The van der Waals surface area contributed by atoms with Crippen LogP contribution in [0.2, 0.25) is 0 Å². The van der Waals surface area contributed by atoms with E-state index in [2.05, 4.69) is 5.10 Å². The molecule has 0 N–H and O–H groups in total. The van der Waals surface area contributed by atoms with Crippen molar-refractivity contribution in [3.63, 3.8) is 0 Å². The van der Waals surface area contributed by atoms with Crippen LogP contribution in [0.5, 0.6) is 0 Å². The zero-order valence-electron chi connectivity index (χ0n) is 14.3. The third-order valence-corrected chi connectivity index (χ3v) is 3.96. The number of rotatable bonds is 6. The predicted molar refractivity (Wildman–Crippen MR) is 93.1 cm³/mol. The summed E-state index contributed by atoms with van der Waals surface area (Å²) in [6.45, 7) is -0.0553. The van der Waals surface area contributed by atoms with Crippen LogP contribution in [-0.4, -0.2) is 15.7 Å². The fourth-order valence-electron chi connectivity index (χ4n) is 2.48. The van der Waals surface area contributed by atoms with Gasteiger partial charge in [0.1, 0.15) is 6.61 Å². The summed E-state index contributed by atoms with van der Waals surface area (Å²) < 4.78 is 44.4. The zero-order valence-corrected chi connectivity index (χ0v) is 14.3. The van der Waals surface area contributed by atoms with E-state index in [1.54, 1.807) is 10.9 Å². The molecule has 0 aliphatic carbocycles. The molecule has 0 fully saturated rings. The van der Waals surface area contributed by atoms with E-state index in [0.29, 0.717) is 12.0 Å². The number of carbonyl (C=O) groups is 1. The van der Waals surface area contributed by atoms with Crippen molar-refractivity contribution in [3.8, 4) is 5.69 Å². The molecule has 0 saturated carbocycles. The van der Waals surface area contributed by atoms with E-state index in [-0.39, 0.29) is 13.0 Å². The van der Waals surface area contributed by atoms with Gasteiger partial charge in [0.15, 0.2) is 0 Å². The molecule has 0 aliphatic rings. The first kappa shape index (κ1) is 18.7. The highest BCUT2D eigenvalue weighted by Crippen LogP contribution is 2.29. The summed E-state index contributed by atoms with van der Waals surface area (Å²) in [6, 6.07) is 14.2. The van der Waals surface area contributed by atoms with Gasteiger partial charge in [0.2, 0.25) is 0 Å². The van der Waals surface area contributed by atoms with Crippen molar-refractivity contribution in [3.05, 3.63) is 83.7 Å². The minimum absolute atomic E-state index is 0.0553. The van der Waals surface area contributed by atoms with Gasteiger partial charge in [-0.15, -0.1) is 0 Å². The van der Waals surface area contributed by atoms with E-state index in [9.17, 15) is 18.0 Å². The fourth-order valence-corrected chi connectivity index (χ4v) is 2.48. The van der Waals surface area contributed by atoms with Crippen molar-refractivity contribution in [2.75, 3.05) is 0 Å². The number of halogens is 3. The summed E-state index contributed by atoms with van der Waals surface area (Å²) in [5.74, 6) is -0.414. The molecule has 0 amide bonds. The van der Waals surface area contributed by atoms with Gasteiger partial charge in [-0.2, -0.15) is 18.3 Å². The predicted octanol–water partition coefficient (Wildman–Crippen LogP) is 4.57. The molecular weight excluding hydrogens is 357 g/mol. The van der Waals surface area contributed by atoms with Crippen molar-refractivity contribution in [2.24, 2.45) is 0 Å². The highest BCUT2D eigenvalue weighted by atomic mass is 19.4. The second-order valence-electron chi connectivity index (χ2n) is 5.98. The van der Waals surface area contributed by atoms with E-state index in [4.69, 9.17) is 4.74 Å². The number of aromatic nitrogens is 2. The van der Waals surface area contributed by atoms with Crippen LogP contribution in [0.25, 0.3) is 5.69 Å². The van der Waals surface area contributed by atoms with Crippen LogP contribution in [0.4, 0.5) is 13.2 Å². The molecule has 4 nitrogen and oxygen atoms in total. The average Bonchev–Trinajstić information content (AvgIpc) is 3.14. The van der Waals surface area contributed by atoms with Crippen molar-refractivity contribution < 1.29 is 22.7 Å².